The normalized spacial score (nSPS) is 34.9. The highest BCUT2D eigenvalue weighted by Crippen LogP contribution is 2.64. The summed E-state index contributed by atoms with van der Waals surface area (Å²) in [6, 6.07) is -1.35. The molecule has 8 heteroatoms. The number of amides is 3. The van der Waals surface area contributed by atoms with Crippen LogP contribution in [0.4, 0.5) is 0 Å². The van der Waals surface area contributed by atoms with E-state index in [2.05, 4.69) is 17.6 Å². The van der Waals surface area contributed by atoms with Gasteiger partial charge in [0.2, 0.25) is 17.7 Å². The van der Waals surface area contributed by atoms with E-state index >= 15 is 0 Å². The van der Waals surface area contributed by atoms with Gasteiger partial charge in [-0.2, -0.15) is 0 Å². The molecular weight excluding hydrogens is 398 g/mol. The van der Waals surface area contributed by atoms with Gasteiger partial charge in [-0.15, -0.1) is 0 Å². The number of likely N-dealkylation sites (tertiary alicyclic amines) is 1. The third-order valence-electron chi connectivity index (χ3n) is 7.79. The van der Waals surface area contributed by atoms with Gasteiger partial charge in [0.1, 0.15) is 11.6 Å². The van der Waals surface area contributed by atoms with Gasteiger partial charge in [0.15, 0.2) is 0 Å². The molecule has 3 aliphatic rings. The topological polar surface area (TPSA) is 108 Å². The van der Waals surface area contributed by atoms with Crippen molar-refractivity contribution >= 4 is 17.7 Å². The molecule has 8 nitrogen and oxygen atoms in total. The lowest BCUT2D eigenvalue weighted by molar-refractivity contribution is -0.152. The second-order valence-electron chi connectivity index (χ2n) is 9.69. The lowest BCUT2D eigenvalue weighted by Crippen LogP contribution is -2.59. The number of unbranched alkanes of at least 4 members (excludes halogenated alkanes) is 2. The average Bonchev–Trinajstić information content (AvgIpc) is 3.35. The molecule has 0 saturated carbocycles. The summed E-state index contributed by atoms with van der Waals surface area (Å²) >= 11 is 0. The van der Waals surface area contributed by atoms with Crippen LogP contribution in [0.5, 0.6) is 0 Å². The van der Waals surface area contributed by atoms with Crippen molar-refractivity contribution in [2.75, 3.05) is 20.2 Å². The fourth-order valence-electron chi connectivity index (χ4n) is 6.17. The Labute approximate surface area is 185 Å². The first-order valence-corrected chi connectivity index (χ1v) is 11.9. The number of aliphatic hydroxyl groups is 1. The molecule has 2 unspecified atom stereocenters. The zero-order valence-corrected chi connectivity index (χ0v) is 19.6. The molecule has 6 atom stereocenters. The quantitative estimate of drug-likeness (QED) is 0.445. The minimum Gasteiger partial charge on any atom is -0.394 e. The lowest BCUT2D eigenvalue weighted by atomic mass is 9.65. The van der Waals surface area contributed by atoms with Crippen LogP contribution in [-0.2, 0) is 19.1 Å². The minimum absolute atomic E-state index is 0.0460. The molecule has 3 aliphatic heterocycles. The highest BCUT2D eigenvalue weighted by Gasteiger charge is 2.79. The molecule has 2 bridgehead atoms. The van der Waals surface area contributed by atoms with E-state index in [-0.39, 0.29) is 30.2 Å². The summed E-state index contributed by atoms with van der Waals surface area (Å²) in [6.07, 6.45) is 4.74. The minimum atomic E-state index is -1.03. The van der Waals surface area contributed by atoms with Gasteiger partial charge >= 0.3 is 0 Å². The van der Waals surface area contributed by atoms with Crippen molar-refractivity contribution in [3.63, 3.8) is 0 Å². The van der Waals surface area contributed by atoms with Crippen LogP contribution in [-0.4, -0.2) is 71.2 Å². The van der Waals surface area contributed by atoms with E-state index in [1.165, 1.54) is 0 Å². The summed E-state index contributed by atoms with van der Waals surface area (Å²) in [5.41, 5.74) is -1.75. The van der Waals surface area contributed by atoms with Gasteiger partial charge in [-0.1, -0.05) is 40.5 Å². The van der Waals surface area contributed by atoms with Crippen LogP contribution in [0.25, 0.3) is 0 Å². The summed E-state index contributed by atoms with van der Waals surface area (Å²) < 4.78 is 6.63. The van der Waals surface area contributed by atoms with Gasteiger partial charge in [0, 0.05) is 13.6 Å². The summed E-state index contributed by atoms with van der Waals surface area (Å²) in [4.78, 5) is 41.8. The van der Waals surface area contributed by atoms with E-state index in [9.17, 15) is 19.5 Å². The highest BCUT2D eigenvalue weighted by molar-refractivity contribution is 5.99. The van der Waals surface area contributed by atoms with Crippen molar-refractivity contribution in [1.29, 1.82) is 0 Å². The molecule has 0 aromatic rings. The van der Waals surface area contributed by atoms with Gasteiger partial charge in [0.05, 0.1) is 30.1 Å². The van der Waals surface area contributed by atoms with Crippen LogP contribution >= 0.6 is 0 Å². The number of hydrogen-bond donors (Lipinski definition) is 3. The molecular formula is C23H39N3O5. The fourth-order valence-corrected chi connectivity index (χ4v) is 6.17. The summed E-state index contributed by atoms with van der Waals surface area (Å²) in [5, 5.41) is 15.8. The van der Waals surface area contributed by atoms with Crippen molar-refractivity contribution in [2.45, 2.75) is 89.5 Å². The Morgan fingerprint density at radius 1 is 1.23 bits per heavy atom. The standard InChI is InChI=1S/C23H39N3O5/c1-6-8-9-12-25-20(29)18-23-11-10-22(7-2,31-23)16(19(28)24-5)17(23)21(30)26(18)15(13-27)14(3)4/h14-18,27H,6-13H2,1-5H3,(H,24,28)(H,25,29)/t15-,16+,17-,18?,22-,23?/m0/s1. The Bertz CT molecular complexity index is 713. The summed E-state index contributed by atoms with van der Waals surface area (Å²) in [5.74, 6) is -2.08. The molecule has 3 rings (SSSR count). The molecule has 31 heavy (non-hydrogen) atoms. The number of hydrogen-bond acceptors (Lipinski definition) is 5. The smallest absolute Gasteiger partial charge is 0.245 e. The van der Waals surface area contributed by atoms with Gasteiger partial charge in [-0.05, 0) is 31.6 Å². The Morgan fingerprint density at radius 2 is 1.94 bits per heavy atom. The second-order valence-corrected chi connectivity index (χ2v) is 9.69. The number of aliphatic hydroxyl groups excluding tert-OH is 1. The Balaban J connectivity index is 2.04. The van der Waals surface area contributed by atoms with Gasteiger partial charge < -0.3 is 25.4 Å². The molecule has 0 radical (unpaired) electrons. The molecule has 0 aliphatic carbocycles. The third kappa shape index (κ3) is 3.55. The largest absolute Gasteiger partial charge is 0.394 e. The Kier molecular flexibility index (Phi) is 7.01. The Hall–Kier alpha value is -1.67. The van der Waals surface area contributed by atoms with E-state index in [1.807, 2.05) is 20.8 Å². The highest BCUT2D eigenvalue weighted by atomic mass is 16.5. The van der Waals surface area contributed by atoms with Gasteiger partial charge in [-0.3, -0.25) is 14.4 Å². The van der Waals surface area contributed by atoms with E-state index < -0.39 is 35.1 Å². The first-order chi connectivity index (χ1) is 14.7. The van der Waals surface area contributed by atoms with Gasteiger partial charge in [-0.25, -0.2) is 0 Å². The van der Waals surface area contributed by atoms with E-state index in [4.69, 9.17) is 4.74 Å². The van der Waals surface area contributed by atoms with Crippen LogP contribution < -0.4 is 10.6 Å². The number of carbonyl (C=O) groups excluding carboxylic acids is 3. The van der Waals surface area contributed by atoms with Crippen LogP contribution in [0.2, 0.25) is 0 Å². The predicted molar refractivity (Wildman–Crippen MR) is 116 cm³/mol. The Morgan fingerprint density at radius 3 is 2.48 bits per heavy atom. The lowest BCUT2D eigenvalue weighted by Gasteiger charge is -2.38. The number of rotatable bonds is 10. The predicted octanol–water partition coefficient (Wildman–Crippen LogP) is 1.21. The zero-order chi connectivity index (χ0) is 23.0. The van der Waals surface area contributed by atoms with Crippen molar-refractivity contribution in [1.82, 2.24) is 15.5 Å². The molecule has 3 heterocycles. The monoisotopic (exact) mass is 437 g/mol. The van der Waals surface area contributed by atoms with Crippen molar-refractivity contribution in [3.05, 3.63) is 0 Å². The number of ether oxygens (including phenoxy) is 1. The fraction of sp³-hybridized carbons (Fsp3) is 0.870. The van der Waals surface area contributed by atoms with Crippen LogP contribution in [0.1, 0.15) is 66.2 Å². The van der Waals surface area contributed by atoms with Crippen LogP contribution in [0.3, 0.4) is 0 Å². The molecule has 0 aromatic heterocycles. The third-order valence-corrected chi connectivity index (χ3v) is 7.79. The number of nitrogens with one attached hydrogen (secondary N) is 2. The van der Waals surface area contributed by atoms with E-state index in [1.54, 1.807) is 11.9 Å². The molecule has 3 saturated heterocycles. The number of nitrogens with zero attached hydrogens (tertiary/aromatic N) is 1. The maximum atomic E-state index is 13.8. The van der Waals surface area contributed by atoms with Crippen LogP contribution in [0.15, 0.2) is 0 Å². The molecule has 3 N–H and O–H groups in total. The maximum Gasteiger partial charge on any atom is 0.245 e. The zero-order valence-electron chi connectivity index (χ0n) is 19.6. The first kappa shape index (κ1) is 24.0. The molecule has 0 aromatic carbocycles. The summed E-state index contributed by atoms with van der Waals surface area (Å²) in [6.45, 7) is 8.23. The average molecular weight is 438 g/mol. The SMILES string of the molecule is CCCCCNC(=O)C1N([C@@H](CO)C(C)C)C(=O)[C@@H]2[C@H](C(=O)NC)[C@]3(CC)CCC12O3. The van der Waals surface area contributed by atoms with Crippen LogP contribution in [0, 0.1) is 17.8 Å². The van der Waals surface area contributed by atoms with Crippen molar-refractivity contribution in [2.24, 2.45) is 17.8 Å². The van der Waals surface area contributed by atoms with E-state index in [0.717, 1.165) is 19.3 Å². The number of fused-ring (bicyclic) bond motifs is 1. The molecule has 1 spiro atoms. The first-order valence-electron chi connectivity index (χ1n) is 11.9. The van der Waals surface area contributed by atoms with Crippen molar-refractivity contribution in [3.8, 4) is 0 Å². The second kappa shape index (κ2) is 9.06. The molecule has 3 amide bonds. The van der Waals surface area contributed by atoms with E-state index in [0.29, 0.717) is 25.8 Å². The molecule has 176 valence electrons. The maximum absolute atomic E-state index is 13.8. The van der Waals surface area contributed by atoms with Crippen molar-refractivity contribution < 1.29 is 24.2 Å². The number of carbonyl (C=O) groups is 3. The molecule has 3 fully saturated rings. The summed E-state index contributed by atoms with van der Waals surface area (Å²) in [7, 11) is 1.57. The van der Waals surface area contributed by atoms with Gasteiger partial charge in [0.25, 0.3) is 0 Å².